The largest absolute Gasteiger partial charge is 0.476 e. The maximum Gasteiger partial charge on any atom is 0.238 e. The maximum atomic E-state index is 5.77. The van der Waals surface area contributed by atoms with Gasteiger partial charge in [0.25, 0.3) is 0 Å². The Morgan fingerprint density at radius 2 is 2.06 bits per heavy atom. The molecule has 2 heterocycles. The zero-order valence-corrected chi connectivity index (χ0v) is 12.2. The van der Waals surface area contributed by atoms with Gasteiger partial charge in [0, 0.05) is 10.7 Å². The minimum absolute atomic E-state index is 0.472. The van der Waals surface area contributed by atoms with Crippen molar-refractivity contribution in [2.24, 2.45) is 0 Å². The van der Waals surface area contributed by atoms with E-state index in [9.17, 15) is 0 Å². The molecule has 4 nitrogen and oxygen atoms in total. The number of pyridine rings is 2. The first kappa shape index (κ1) is 13.2. The highest BCUT2D eigenvalue weighted by Gasteiger charge is 2.06. The second-order valence-electron chi connectivity index (χ2n) is 3.39. The van der Waals surface area contributed by atoms with Crippen molar-refractivity contribution in [3.05, 3.63) is 34.9 Å². The van der Waals surface area contributed by atoms with Crippen molar-refractivity contribution >= 4 is 33.4 Å². The standard InChI is InChI=1S/C12H12BrN3OS/c1-2-17-12-9(14)4-6-11(16-12)18-10-5-3-8(13)7-15-10/h3-7H,2,14H2,1H3. The Bertz CT molecular complexity index is 533. The second kappa shape index (κ2) is 6.06. The van der Waals surface area contributed by atoms with Crippen molar-refractivity contribution in [3.8, 4) is 5.88 Å². The normalized spacial score (nSPS) is 10.3. The fourth-order valence-electron chi connectivity index (χ4n) is 1.27. The fourth-order valence-corrected chi connectivity index (χ4v) is 2.23. The van der Waals surface area contributed by atoms with Gasteiger partial charge in [0.1, 0.15) is 10.1 Å². The molecule has 0 radical (unpaired) electrons. The number of nitrogen functional groups attached to an aromatic ring is 1. The molecule has 0 unspecified atom stereocenters. The van der Waals surface area contributed by atoms with Crippen LogP contribution in [-0.2, 0) is 0 Å². The van der Waals surface area contributed by atoms with Crippen molar-refractivity contribution in [2.75, 3.05) is 12.3 Å². The number of nitrogens with two attached hydrogens (primary N) is 1. The fraction of sp³-hybridized carbons (Fsp3) is 0.167. The lowest BCUT2D eigenvalue weighted by Crippen LogP contribution is -1.99. The molecule has 0 saturated heterocycles. The van der Waals surface area contributed by atoms with Gasteiger partial charge >= 0.3 is 0 Å². The Morgan fingerprint density at radius 1 is 1.28 bits per heavy atom. The van der Waals surface area contributed by atoms with Gasteiger partial charge in [-0.3, -0.25) is 0 Å². The maximum absolute atomic E-state index is 5.77. The summed E-state index contributed by atoms with van der Waals surface area (Å²) in [4.78, 5) is 8.62. The van der Waals surface area contributed by atoms with Crippen molar-refractivity contribution in [1.82, 2.24) is 9.97 Å². The molecule has 18 heavy (non-hydrogen) atoms. The highest BCUT2D eigenvalue weighted by molar-refractivity contribution is 9.10. The van der Waals surface area contributed by atoms with Gasteiger partial charge in [0.05, 0.1) is 12.3 Å². The molecule has 0 spiro atoms. The SMILES string of the molecule is CCOc1nc(Sc2ccc(Br)cn2)ccc1N. The molecule has 0 saturated carbocycles. The van der Waals surface area contributed by atoms with Crippen LogP contribution in [0.25, 0.3) is 0 Å². The van der Waals surface area contributed by atoms with Gasteiger partial charge in [-0.25, -0.2) is 9.97 Å². The summed E-state index contributed by atoms with van der Waals surface area (Å²) in [7, 11) is 0. The van der Waals surface area contributed by atoms with Crippen molar-refractivity contribution < 1.29 is 4.74 Å². The number of hydrogen-bond donors (Lipinski definition) is 1. The van der Waals surface area contributed by atoms with E-state index in [1.165, 1.54) is 11.8 Å². The molecule has 2 aromatic heterocycles. The molecule has 2 N–H and O–H groups in total. The number of rotatable bonds is 4. The zero-order valence-electron chi connectivity index (χ0n) is 9.76. The number of aromatic nitrogens is 2. The predicted octanol–water partition coefficient (Wildman–Crippen LogP) is 3.37. The Kier molecular flexibility index (Phi) is 4.43. The van der Waals surface area contributed by atoms with Crippen LogP contribution in [0.1, 0.15) is 6.92 Å². The van der Waals surface area contributed by atoms with Gasteiger partial charge < -0.3 is 10.5 Å². The average Bonchev–Trinajstić information content (AvgIpc) is 2.37. The first-order valence-corrected chi connectivity index (χ1v) is 6.98. The molecule has 0 atom stereocenters. The molecule has 0 aliphatic rings. The molecule has 0 fully saturated rings. The molecule has 6 heteroatoms. The van der Waals surface area contributed by atoms with E-state index in [-0.39, 0.29) is 0 Å². The molecule has 0 aliphatic heterocycles. The average molecular weight is 326 g/mol. The van der Waals surface area contributed by atoms with E-state index in [1.54, 1.807) is 12.3 Å². The van der Waals surface area contributed by atoms with E-state index in [4.69, 9.17) is 10.5 Å². The summed E-state index contributed by atoms with van der Waals surface area (Å²) in [5.74, 6) is 0.472. The Labute approximate surface area is 118 Å². The summed E-state index contributed by atoms with van der Waals surface area (Å²) in [5.41, 5.74) is 6.32. The lowest BCUT2D eigenvalue weighted by Gasteiger charge is -2.07. The third-order valence-corrected chi connectivity index (χ3v) is 3.41. The Morgan fingerprint density at radius 3 is 2.72 bits per heavy atom. The van der Waals surface area contributed by atoms with Crippen LogP contribution in [0.3, 0.4) is 0 Å². The summed E-state index contributed by atoms with van der Waals surface area (Å²) in [5, 5.41) is 1.68. The van der Waals surface area contributed by atoms with Crippen LogP contribution in [0, 0.1) is 0 Å². The quantitative estimate of drug-likeness (QED) is 0.933. The molecule has 2 aromatic rings. The van der Waals surface area contributed by atoms with E-state index in [0.717, 1.165) is 14.5 Å². The molecule has 94 valence electrons. The number of ether oxygens (including phenoxy) is 1. The molecule has 0 aliphatic carbocycles. The molecule has 0 amide bonds. The third-order valence-electron chi connectivity index (χ3n) is 2.05. The highest BCUT2D eigenvalue weighted by atomic mass is 79.9. The lowest BCUT2D eigenvalue weighted by atomic mass is 10.4. The van der Waals surface area contributed by atoms with Gasteiger partial charge in [-0.2, -0.15) is 0 Å². The molecule has 0 bridgehead atoms. The smallest absolute Gasteiger partial charge is 0.238 e. The van der Waals surface area contributed by atoms with Gasteiger partial charge in [0.2, 0.25) is 5.88 Å². The van der Waals surface area contributed by atoms with Crippen molar-refractivity contribution in [2.45, 2.75) is 17.0 Å². The molecule has 2 rings (SSSR count). The van der Waals surface area contributed by atoms with E-state index in [0.29, 0.717) is 18.2 Å². The lowest BCUT2D eigenvalue weighted by molar-refractivity contribution is 0.326. The van der Waals surface area contributed by atoms with Gasteiger partial charge in [-0.15, -0.1) is 0 Å². The van der Waals surface area contributed by atoms with Gasteiger partial charge in [-0.05, 0) is 58.9 Å². The monoisotopic (exact) mass is 325 g/mol. The summed E-state index contributed by atoms with van der Waals surface area (Å²) < 4.78 is 6.31. The topological polar surface area (TPSA) is 61.0 Å². The number of halogens is 1. The third kappa shape index (κ3) is 3.36. The number of anilines is 1. The number of hydrogen-bond acceptors (Lipinski definition) is 5. The van der Waals surface area contributed by atoms with Crippen LogP contribution >= 0.6 is 27.7 Å². The van der Waals surface area contributed by atoms with Crippen molar-refractivity contribution in [1.29, 1.82) is 0 Å². The number of nitrogens with zero attached hydrogens (tertiary/aromatic N) is 2. The summed E-state index contributed by atoms with van der Waals surface area (Å²) in [6.45, 7) is 2.44. The second-order valence-corrected chi connectivity index (χ2v) is 5.35. The van der Waals surface area contributed by atoms with Crippen LogP contribution in [0.4, 0.5) is 5.69 Å². The van der Waals surface area contributed by atoms with E-state index in [1.807, 2.05) is 25.1 Å². The van der Waals surface area contributed by atoms with Crippen LogP contribution in [-0.4, -0.2) is 16.6 Å². The molecular formula is C12H12BrN3OS. The first-order chi connectivity index (χ1) is 8.69. The predicted molar refractivity (Wildman–Crippen MR) is 75.9 cm³/mol. The molecular weight excluding hydrogens is 314 g/mol. The first-order valence-electron chi connectivity index (χ1n) is 5.37. The van der Waals surface area contributed by atoms with Crippen molar-refractivity contribution in [3.63, 3.8) is 0 Å². The van der Waals surface area contributed by atoms with Gasteiger partial charge in [0.15, 0.2) is 0 Å². The minimum atomic E-state index is 0.472. The minimum Gasteiger partial charge on any atom is -0.476 e. The zero-order chi connectivity index (χ0) is 13.0. The Balaban J connectivity index is 2.18. The van der Waals surface area contributed by atoms with E-state index in [2.05, 4.69) is 25.9 Å². The van der Waals surface area contributed by atoms with Crippen LogP contribution in [0.15, 0.2) is 45.0 Å². The molecule has 0 aromatic carbocycles. The summed E-state index contributed by atoms with van der Waals surface area (Å²) in [6, 6.07) is 7.51. The summed E-state index contributed by atoms with van der Waals surface area (Å²) >= 11 is 4.82. The van der Waals surface area contributed by atoms with E-state index < -0.39 is 0 Å². The Hall–Kier alpha value is -1.27. The van der Waals surface area contributed by atoms with Crippen LogP contribution in [0.2, 0.25) is 0 Å². The van der Waals surface area contributed by atoms with Crippen LogP contribution < -0.4 is 10.5 Å². The summed E-state index contributed by atoms with van der Waals surface area (Å²) in [6.07, 6.45) is 1.75. The van der Waals surface area contributed by atoms with Crippen LogP contribution in [0.5, 0.6) is 5.88 Å². The van der Waals surface area contributed by atoms with Gasteiger partial charge in [-0.1, -0.05) is 0 Å². The highest BCUT2D eigenvalue weighted by Crippen LogP contribution is 2.29. The van der Waals surface area contributed by atoms with E-state index >= 15 is 0 Å².